The lowest BCUT2D eigenvalue weighted by molar-refractivity contribution is 0.199. The zero-order chi connectivity index (χ0) is 21.1. The molecule has 1 saturated heterocycles. The molecule has 0 amide bonds. The second kappa shape index (κ2) is 8.33. The summed E-state index contributed by atoms with van der Waals surface area (Å²) in [6.07, 6.45) is 9.39. The molecule has 1 aliphatic heterocycles. The molecule has 0 atom stereocenters. The van der Waals surface area contributed by atoms with Gasteiger partial charge in [-0.3, -0.25) is 4.90 Å². The second-order valence-corrected chi connectivity index (χ2v) is 8.40. The molecule has 154 valence electrons. The summed E-state index contributed by atoms with van der Waals surface area (Å²) in [5.74, 6) is 0. The third-order valence-corrected chi connectivity index (χ3v) is 6.35. The van der Waals surface area contributed by atoms with Crippen LogP contribution >= 0.6 is 0 Å². The molecule has 1 aliphatic carbocycles. The van der Waals surface area contributed by atoms with Crippen molar-refractivity contribution in [3.05, 3.63) is 72.1 Å². The minimum Gasteiger partial charge on any atom is -0.368 e. The summed E-state index contributed by atoms with van der Waals surface area (Å²) in [7, 11) is 2.27. The van der Waals surface area contributed by atoms with Crippen LogP contribution in [0.1, 0.15) is 29.5 Å². The average Bonchev–Trinajstić information content (AvgIpc) is 3.37. The number of nitriles is 1. The summed E-state index contributed by atoms with van der Waals surface area (Å²) in [4.78, 5) is 12.8. The first-order valence-corrected chi connectivity index (χ1v) is 10.5. The van der Waals surface area contributed by atoms with E-state index in [4.69, 9.17) is 5.26 Å². The predicted molar refractivity (Wildman–Crippen MR) is 123 cm³/mol. The van der Waals surface area contributed by atoms with Crippen molar-refractivity contribution < 1.29 is 0 Å². The van der Waals surface area contributed by atoms with E-state index in [2.05, 4.69) is 52.5 Å². The molecule has 0 radical (unpaired) electrons. The highest BCUT2D eigenvalue weighted by atomic mass is 15.3. The topological polar surface area (TPSA) is 59.0 Å². The number of allylic oxidation sites excluding steroid dienone is 1. The highest BCUT2D eigenvalue weighted by molar-refractivity contribution is 5.91. The maximum absolute atomic E-state index is 8.49. The van der Waals surface area contributed by atoms with Gasteiger partial charge in [-0.15, -0.1) is 6.58 Å². The number of aromatic nitrogens is 2. The van der Waals surface area contributed by atoms with Gasteiger partial charge >= 0.3 is 0 Å². The lowest BCUT2D eigenvalue weighted by atomic mass is 10.1. The van der Waals surface area contributed by atoms with Crippen LogP contribution < -0.4 is 4.90 Å². The Labute approximate surface area is 178 Å². The van der Waals surface area contributed by atoms with Crippen molar-refractivity contribution in [1.29, 1.82) is 5.26 Å². The molecule has 5 heteroatoms. The number of nitrogens with zero attached hydrogens (tertiary/aromatic N) is 4. The number of aryl methyl sites for hydroxylation is 1. The molecule has 5 rings (SSSR count). The number of pyridine rings is 1. The Balaban J connectivity index is 0.000000170. The van der Waals surface area contributed by atoms with E-state index < -0.39 is 0 Å². The van der Waals surface area contributed by atoms with E-state index in [1.807, 2.05) is 42.7 Å². The summed E-state index contributed by atoms with van der Waals surface area (Å²) >= 11 is 0. The number of fused-ring (bicyclic) bond motifs is 1. The average molecular weight is 400 g/mol. The van der Waals surface area contributed by atoms with Gasteiger partial charge in [-0.1, -0.05) is 18.2 Å². The molecule has 30 heavy (non-hydrogen) atoms. The van der Waals surface area contributed by atoms with Crippen LogP contribution in [0.2, 0.25) is 0 Å². The standard InChI is InChI=1S/C15H20N4.C10H9N/c1-11-9-17-14-12(3-6-16-14)13(11)19-8-7-18(2)15(10-19)4-5-15;1-2-3-9-4-6-10(8-11)7-5-9/h3,6,9H,4-5,7-8,10H2,1-2H3,(H,16,17);2,4-7H,1,3H2. The largest absolute Gasteiger partial charge is 0.368 e. The highest BCUT2D eigenvalue weighted by Crippen LogP contribution is 2.45. The first kappa shape index (κ1) is 20.2. The molecular formula is C25H29N5. The number of nitrogens with one attached hydrogen (secondary N) is 1. The molecule has 1 saturated carbocycles. The van der Waals surface area contributed by atoms with E-state index in [1.165, 1.54) is 35.0 Å². The zero-order valence-corrected chi connectivity index (χ0v) is 17.9. The number of piperazine rings is 1. The molecule has 0 bridgehead atoms. The maximum Gasteiger partial charge on any atom is 0.139 e. The SMILES string of the molecule is C=CCc1ccc(C#N)cc1.Cc1cnc2[nH]ccc2c1N1CCN(C)C2(CC2)C1. The fourth-order valence-corrected chi connectivity index (χ4v) is 4.33. The van der Waals surface area contributed by atoms with E-state index in [0.29, 0.717) is 11.1 Å². The molecule has 1 aromatic carbocycles. The summed E-state index contributed by atoms with van der Waals surface area (Å²) in [5, 5.41) is 9.75. The number of rotatable bonds is 3. The Morgan fingerprint density at radius 2 is 2.00 bits per heavy atom. The van der Waals surface area contributed by atoms with Crippen molar-refractivity contribution in [3.8, 4) is 6.07 Å². The monoisotopic (exact) mass is 399 g/mol. The normalized spacial score (nSPS) is 17.3. The summed E-state index contributed by atoms with van der Waals surface area (Å²) < 4.78 is 0. The van der Waals surface area contributed by atoms with Gasteiger partial charge in [-0.05, 0) is 62.6 Å². The van der Waals surface area contributed by atoms with Crippen molar-refractivity contribution in [2.45, 2.75) is 31.7 Å². The van der Waals surface area contributed by atoms with Gasteiger partial charge in [0.05, 0.1) is 17.3 Å². The summed E-state index contributed by atoms with van der Waals surface area (Å²) in [6, 6.07) is 11.8. The molecule has 5 nitrogen and oxygen atoms in total. The van der Waals surface area contributed by atoms with Crippen molar-refractivity contribution in [3.63, 3.8) is 0 Å². The number of likely N-dealkylation sites (N-methyl/N-ethyl adjacent to an activating group) is 1. The molecule has 1 spiro atoms. The maximum atomic E-state index is 8.49. The van der Waals surface area contributed by atoms with Gasteiger partial charge in [0.25, 0.3) is 0 Å². The van der Waals surface area contributed by atoms with Crippen LogP contribution in [0.4, 0.5) is 5.69 Å². The van der Waals surface area contributed by atoms with Crippen LogP contribution in [-0.2, 0) is 6.42 Å². The van der Waals surface area contributed by atoms with E-state index in [9.17, 15) is 0 Å². The number of hydrogen-bond acceptors (Lipinski definition) is 4. The number of benzene rings is 1. The minimum atomic E-state index is 0.455. The quantitative estimate of drug-likeness (QED) is 0.662. The molecule has 1 N–H and O–H groups in total. The predicted octanol–water partition coefficient (Wildman–Crippen LogP) is 4.44. The van der Waals surface area contributed by atoms with Gasteiger partial charge in [0.1, 0.15) is 5.65 Å². The van der Waals surface area contributed by atoms with Crippen molar-refractivity contribution >= 4 is 16.7 Å². The third-order valence-electron chi connectivity index (χ3n) is 6.35. The van der Waals surface area contributed by atoms with Crippen molar-refractivity contribution in [1.82, 2.24) is 14.9 Å². The van der Waals surface area contributed by atoms with Crippen LogP contribution in [0, 0.1) is 18.3 Å². The zero-order valence-electron chi connectivity index (χ0n) is 17.9. The highest BCUT2D eigenvalue weighted by Gasteiger charge is 2.49. The first-order chi connectivity index (χ1) is 14.6. The number of H-pyrrole nitrogens is 1. The van der Waals surface area contributed by atoms with Crippen LogP contribution in [0.15, 0.2) is 55.4 Å². The minimum absolute atomic E-state index is 0.455. The molecule has 3 heterocycles. The fourth-order valence-electron chi connectivity index (χ4n) is 4.33. The lowest BCUT2D eigenvalue weighted by Crippen LogP contribution is -2.53. The Morgan fingerprint density at radius 1 is 1.23 bits per heavy atom. The molecule has 2 aliphatic rings. The van der Waals surface area contributed by atoms with Gasteiger partial charge in [0, 0.05) is 43.0 Å². The molecule has 2 aromatic heterocycles. The third kappa shape index (κ3) is 3.96. The molecular weight excluding hydrogens is 370 g/mol. The van der Waals surface area contributed by atoms with Crippen molar-refractivity contribution in [2.75, 3.05) is 31.6 Å². The molecule has 3 aromatic rings. The molecule has 2 fully saturated rings. The van der Waals surface area contributed by atoms with Gasteiger partial charge in [0.15, 0.2) is 0 Å². The lowest BCUT2D eigenvalue weighted by Gasteiger charge is -2.42. The Hall–Kier alpha value is -3.10. The summed E-state index contributed by atoms with van der Waals surface area (Å²) in [5.41, 5.74) is 6.02. The smallest absolute Gasteiger partial charge is 0.139 e. The van der Waals surface area contributed by atoms with Crippen molar-refractivity contribution in [2.24, 2.45) is 0 Å². The summed E-state index contributed by atoms with van der Waals surface area (Å²) in [6.45, 7) is 9.24. The fraction of sp³-hybridized carbons (Fsp3) is 0.360. The number of aromatic amines is 1. The van der Waals surface area contributed by atoms with Crippen LogP contribution in [0.5, 0.6) is 0 Å². The van der Waals surface area contributed by atoms with Gasteiger partial charge in [-0.2, -0.15) is 5.26 Å². The first-order valence-electron chi connectivity index (χ1n) is 10.5. The van der Waals surface area contributed by atoms with E-state index in [-0.39, 0.29) is 0 Å². The van der Waals surface area contributed by atoms with E-state index >= 15 is 0 Å². The Bertz CT molecular complexity index is 1070. The number of anilines is 1. The second-order valence-electron chi connectivity index (χ2n) is 8.40. The van der Waals surface area contributed by atoms with E-state index in [0.717, 1.165) is 31.7 Å². The van der Waals surface area contributed by atoms with Crippen LogP contribution in [0.25, 0.3) is 11.0 Å². The Morgan fingerprint density at radius 3 is 2.67 bits per heavy atom. The Kier molecular flexibility index (Phi) is 5.61. The van der Waals surface area contributed by atoms with Gasteiger partial charge in [0.2, 0.25) is 0 Å². The number of hydrogen-bond donors (Lipinski definition) is 1. The van der Waals surface area contributed by atoms with Crippen LogP contribution in [-0.4, -0.2) is 47.1 Å². The van der Waals surface area contributed by atoms with Gasteiger partial charge in [-0.25, -0.2) is 4.98 Å². The van der Waals surface area contributed by atoms with Gasteiger partial charge < -0.3 is 9.88 Å². The molecule has 0 unspecified atom stereocenters. The van der Waals surface area contributed by atoms with Crippen LogP contribution in [0.3, 0.4) is 0 Å². The van der Waals surface area contributed by atoms with E-state index in [1.54, 1.807) is 0 Å².